The summed E-state index contributed by atoms with van der Waals surface area (Å²) in [5, 5.41) is 6.35. The Kier molecular flexibility index (Phi) is 8.49. The van der Waals surface area contributed by atoms with Crippen LogP contribution >= 0.6 is 24.0 Å². The zero-order valence-electron chi connectivity index (χ0n) is 18.3. The molecule has 2 N–H and O–H groups in total. The number of anilines is 2. The topological polar surface area (TPSA) is 77.0 Å². The number of nitrogens with one attached hydrogen (secondary N) is 2. The van der Waals surface area contributed by atoms with Crippen LogP contribution in [0.3, 0.4) is 0 Å². The maximum absolute atomic E-state index is 12.7. The second-order valence-corrected chi connectivity index (χ2v) is 7.79. The van der Waals surface area contributed by atoms with Gasteiger partial charge in [-0.2, -0.15) is 0 Å². The first-order valence-corrected chi connectivity index (χ1v) is 11.0. The van der Waals surface area contributed by atoms with Gasteiger partial charge in [0.05, 0.1) is 13.1 Å². The van der Waals surface area contributed by atoms with Crippen LogP contribution in [-0.2, 0) is 22.6 Å². The first-order valence-electron chi connectivity index (χ1n) is 11.0. The number of hydrogen-bond acceptors (Lipinski definition) is 3. The van der Waals surface area contributed by atoms with Crippen molar-refractivity contribution in [3.05, 3.63) is 59.7 Å². The molecule has 0 radical (unpaired) electrons. The van der Waals surface area contributed by atoms with E-state index >= 15 is 0 Å². The van der Waals surface area contributed by atoms with E-state index in [0.717, 1.165) is 42.9 Å². The highest BCUT2D eigenvalue weighted by Gasteiger charge is 2.24. The summed E-state index contributed by atoms with van der Waals surface area (Å²) >= 11 is 0. The standard InChI is InChI=1S/C24H29N5O2.HI/c1-2-25-24(27-17-23(31)29-15-13-19-6-3-4-7-21(19)29)26-16-18-9-11-20(12-10-18)28-14-5-8-22(28)30;/h3-4,6-7,9-12H,2,5,8,13-17H2,1H3,(H2,25,26,27);1H. The number of nitrogens with zero attached hydrogens (tertiary/aromatic N) is 3. The van der Waals surface area contributed by atoms with Crippen LogP contribution in [0.4, 0.5) is 11.4 Å². The maximum Gasteiger partial charge on any atom is 0.246 e. The molecule has 1 saturated heterocycles. The predicted molar refractivity (Wildman–Crippen MR) is 139 cm³/mol. The third-order valence-corrected chi connectivity index (χ3v) is 5.68. The van der Waals surface area contributed by atoms with Crippen LogP contribution in [0.25, 0.3) is 0 Å². The van der Waals surface area contributed by atoms with E-state index in [1.165, 1.54) is 5.56 Å². The lowest BCUT2D eigenvalue weighted by atomic mass is 10.2. The van der Waals surface area contributed by atoms with E-state index in [2.05, 4.69) is 21.7 Å². The van der Waals surface area contributed by atoms with Gasteiger partial charge >= 0.3 is 0 Å². The minimum Gasteiger partial charge on any atom is -0.357 e. The molecule has 2 heterocycles. The second-order valence-electron chi connectivity index (χ2n) is 7.79. The van der Waals surface area contributed by atoms with E-state index in [0.29, 0.717) is 25.5 Å². The van der Waals surface area contributed by atoms with Gasteiger partial charge in [-0.3, -0.25) is 9.59 Å². The number of guanidine groups is 1. The van der Waals surface area contributed by atoms with Gasteiger partial charge in [0.2, 0.25) is 11.8 Å². The number of rotatable bonds is 6. The highest BCUT2D eigenvalue weighted by Crippen LogP contribution is 2.27. The molecule has 32 heavy (non-hydrogen) atoms. The molecule has 0 aromatic heterocycles. The summed E-state index contributed by atoms with van der Waals surface area (Å²) in [4.78, 5) is 32.9. The Labute approximate surface area is 206 Å². The Hall–Kier alpha value is -2.62. The van der Waals surface area contributed by atoms with E-state index in [1.807, 2.05) is 59.2 Å². The Bertz CT molecular complexity index is 977. The monoisotopic (exact) mass is 547 g/mol. The summed E-state index contributed by atoms with van der Waals surface area (Å²) in [6, 6.07) is 16.0. The molecule has 2 aliphatic heterocycles. The van der Waals surface area contributed by atoms with Gasteiger partial charge in [0.15, 0.2) is 5.96 Å². The number of para-hydroxylation sites is 1. The molecule has 7 nitrogen and oxygen atoms in total. The lowest BCUT2D eigenvalue weighted by Crippen LogP contribution is -2.44. The van der Waals surface area contributed by atoms with Crippen molar-refractivity contribution in [2.24, 2.45) is 4.99 Å². The number of amides is 2. The van der Waals surface area contributed by atoms with Crippen LogP contribution in [0.2, 0.25) is 0 Å². The number of aliphatic imine (C=N–C) groups is 1. The number of carbonyl (C=O) groups is 2. The Morgan fingerprint density at radius 1 is 1.03 bits per heavy atom. The number of carbonyl (C=O) groups excluding carboxylic acids is 2. The van der Waals surface area contributed by atoms with E-state index in [-0.39, 0.29) is 42.3 Å². The Balaban J connectivity index is 0.00000289. The number of benzene rings is 2. The van der Waals surface area contributed by atoms with E-state index in [9.17, 15) is 9.59 Å². The van der Waals surface area contributed by atoms with Crippen LogP contribution in [0.1, 0.15) is 30.9 Å². The third kappa shape index (κ3) is 5.59. The third-order valence-electron chi connectivity index (χ3n) is 5.68. The van der Waals surface area contributed by atoms with Crippen molar-refractivity contribution < 1.29 is 9.59 Å². The van der Waals surface area contributed by atoms with Gasteiger partial charge in [-0.25, -0.2) is 4.99 Å². The summed E-state index contributed by atoms with van der Waals surface area (Å²) in [7, 11) is 0. The summed E-state index contributed by atoms with van der Waals surface area (Å²) in [5.74, 6) is 0.840. The molecule has 0 spiro atoms. The van der Waals surface area contributed by atoms with E-state index in [1.54, 1.807) is 0 Å². The zero-order chi connectivity index (χ0) is 21.6. The minimum atomic E-state index is 0. The van der Waals surface area contributed by atoms with Crippen molar-refractivity contribution in [3.63, 3.8) is 0 Å². The van der Waals surface area contributed by atoms with Crippen molar-refractivity contribution in [1.29, 1.82) is 0 Å². The highest BCUT2D eigenvalue weighted by atomic mass is 127. The molecule has 2 aromatic rings. The molecule has 0 saturated carbocycles. The van der Waals surface area contributed by atoms with Crippen LogP contribution in [0, 0.1) is 0 Å². The van der Waals surface area contributed by atoms with Crippen LogP contribution in [0.15, 0.2) is 53.5 Å². The summed E-state index contributed by atoms with van der Waals surface area (Å²) in [5.41, 5.74) is 4.22. The Morgan fingerprint density at radius 2 is 1.81 bits per heavy atom. The fraction of sp³-hybridized carbons (Fsp3) is 0.375. The van der Waals surface area contributed by atoms with E-state index in [4.69, 9.17) is 0 Å². The highest BCUT2D eigenvalue weighted by molar-refractivity contribution is 14.0. The number of hydrogen-bond donors (Lipinski definition) is 2. The fourth-order valence-electron chi connectivity index (χ4n) is 4.07. The van der Waals surface area contributed by atoms with Gasteiger partial charge in [0, 0.05) is 37.4 Å². The van der Waals surface area contributed by atoms with Crippen LogP contribution < -0.4 is 20.4 Å². The smallest absolute Gasteiger partial charge is 0.246 e. The van der Waals surface area contributed by atoms with Crippen molar-refractivity contribution in [2.75, 3.05) is 36.0 Å². The van der Waals surface area contributed by atoms with Crippen molar-refractivity contribution in [1.82, 2.24) is 10.6 Å². The lowest BCUT2D eigenvalue weighted by molar-refractivity contribution is -0.118. The first kappa shape index (κ1) is 24.0. The molecule has 0 unspecified atom stereocenters. The van der Waals surface area contributed by atoms with Gasteiger partial charge in [-0.15, -0.1) is 24.0 Å². The Morgan fingerprint density at radius 3 is 2.53 bits per heavy atom. The SMILES string of the molecule is CCNC(=NCc1ccc(N2CCCC2=O)cc1)NCC(=O)N1CCc2ccccc21.I. The number of halogens is 1. The molecule has 0 aliphatic carbocycles. The summed E-state index contributed by atoms with van der Waals surface area (Å²) < 4.78 is 0. The van der Waals surface area contributed by atoms with Crippen molar-refractivity contribution in [2.45, 2.75) is 32.7 Å². The fourth-order valence-corrected chi connectivity index (χ4v) is 4.07. The van der Waals surface area contributed by atoms with Crippen LogP contribution in [0.5, 0.6) is 0 Å². The average Bonchev–Trinajstić information content (AvgIpc) is 3.42. The van der Waals surface area contributed by atoms with Gasteiger partial charge in [0.25, 0.3) is 0 Å². The normalized spacial score (nSPS) is 15.4. The summed E-state index contributed by atoms with van der Waals surface area (Å²) in [6.45, 7) is 4.90. The second kappa shape index (κ2) is 11.3. The van der Waals surface area contributed by atoms with Crippen molar-refractivity contribution in [3.8, 4) is 0 Å². The lowest BCUT2D eigenvalue weighted by Gasteiger charge is -2.19. The molecule has 8 heteroatoms. The molecule has 2 aliphatic rings. The molecular formula is C24H30IN5O2. The van der Waals surface area contributed by atoms with Gasteiger partial charge in [-0.1, -0.05) is 30.3 Å². The molecule has 1 fully saturated rings. The van der Waals surface area contributed by atoms with E-state index < -0.39 is 0 Å². The molecule has 2 aromatic carbocycles. The van der Waals surface area contributed by atoms with Gasteiger partial charge in [0.1, 0.15) is 0 Å². The quantitative estimate of drug-likeness (QED) is 0.331. The van der Waals surface area contributed by atoms with Crippen LogP contribution in [-0.4, -0.2) is 44.0 Å². The molecule has 0 bridgehead atoms. The molecule has 0 atom stereocenters. The number of fused-ring (bicyclic) bond motifs is 1. The first-order chi connectivity index (χ1) is 15.2. The molecule has 2 amide bonds. The molecular weight excluding hydrogens is 517 g/mol. The largest absolute Gasteiger partial charge is 0.357 e. The molecule has 170 valence electrons. The minimum absolute atomic E-state index is 0. The average molecular weight is 547 g/mol. The summed E-state index contributed by atoms with van der Waals surface area (Å²) in [6.07, 6.45) is 2.45. The zero-order valence-corrected chi connectivity index (χ0v) is 20.7. The molecule has 4 rings (SSSR count). The predicted octanol–water partition coefficient (Wildman–Crippen LogP) is 3.08. The maximum atomic E-state index is 12.7. The van der Waals surface area contributed by atoms with Gasteiger partial charge in [-0.05, 0) is 49.1 Å². The van der Waals surface area contributed by atoms with Crippen molar-refractivity contribution >= 4 is 53.1 Å². The van der Waals surface area contributed by atoms with Gasteiger partial charge < -0.3 is 20.4 Å².